The zero-order valence-electron chi connectivity index (χ0n) is 19.2. The average Bonchev–Trinajstić information content (AvgIpc) is 3.40. The third kappa shape index (κ3) is 6.12. The molecule has 7 heteroatoms. The monoisotopic (exact) mass is 439 g/mol. The van der Waals surface area contributed by atoms with Gasteiger partial charge in [0.05, 0.1) is 31.6 Å². The number of benzene rings is 1. The highest BCUT2D eigenvalue weighted by Crippen LogP contribution is 2.25. The van der Waals surface area contributed by atoms with Crippen LogP contribution in [-0.4, -0.2) is 75.3 Å². The third-order valence-corrected chi connectivity index (χ3v) is 6.52. The van der Waals surface area contributed by atoms with Crippen LogP contribution >= 0.6 is 0 Å². The Bertz CT molecular complexity index is 799. The molecule has 2 atom stereocenters. The molecule has 32 heavy (non-hydrogen) atoms. The molecule has 3 heterocycles. The van der Waals surface area contributed by atoms with E-state index in [-0.39, 0.29) is 12.1 Å². The molecule has 0 amide bonds. The van der Waals surface area contributed by atoms with Crippen molar-refractivity contribution in [3.8, 4) is 0 Å². The maximum absolute atomic E-state index is 5.79. The molecule has 0 radical (unpaired) electrons. The fourth-order valence-electron chi connectivity index (χ4n) is 4.75. The average molecular weight is 440 g/mol. The molecule has 2 N–H and O–H groups in total. The molecule has 1 aromatic carbocycles. The summed E-state index contributed by atoms with van der Waals surface area (Å²) in [4.78, 5) is 9.53. The van der Waals surface area contributed by atoms with Crippen molar-refractivity contribution in [2.45, 2.75) is 31.3 Å². The van der Waals surface area contributed by atoms with E-state index < -0.39 is 0 Å². The van der Waals surface area contributed by atoms with Crippen LogP contribution in [0.2, 0.25) is 0 Å². The van der Waals surface area contributed by atoms with Gasteiger partial charge in [0.2, 0.25) is 0 Å². The lowest BCUT2D eigenvalue weighted by Gasteiger charge is -2.35. The predicted octanol–water partition coefficient (Wildman–Crippen LogP) is 3.05. The fourth-order valence-corrected chi connectivity index (χ4v) is 4.75. The number of furan rings is 1. The second-order valence-corrected chi connectivity index (χ2v) is 8.54. The van der Waals surface area contributed by atoms with Gasteiger partial charge in [-0.15, -0.1) is 0 Å². The molecular weight excluding hydrogens is 402 g/mol. The Morgan fingerprint density at radius 3 is 2.22 bits per heavy atom. The number of ether oxygens (including phenoxy) is 1. The highest BCUT2D eigenvalue weighted by atomic mass is 16.5. The van der Waals surface area contributed by atoms with Crippen LogP contribution in [0.3, 0.4) is 0 Å². The summed E-state index contributed by atoms with van der Waals surface area (Å²) in [7, 11) is 1.84. The second-order valence-electron chi connectivity index (χ2n) is 8.54. The number of nitrogens with zero attached hydrogens (tertiary/aromatic N) is 3. The van der Waals surface area contributed by atoms with Gasteiger partial charge in [0.15, 0.2) is 5.96 Å². The van der Waals surface area contributed by atoms with E-state index >= 15 is 0 Å². The lowest BCUT2D eigenvalue weighted by Crippen LogP contribution is -2.48. The first-order chi connectivity index (χ1) is 15.8. The van der Waals surface area contributed by atoms with Crippen molar-refractivity contribution in [1.82, 2.24) is 20.4 Å². The van der Waals surface area contributed by atoms with Gasteiger partial charge in [0.1, 0.15) is 5.76 Å². The second kappa shape index (κ2) is 12.0. The molecule has 0 bridgehead atoms. The molecule has 7 nitrogen and oxygen atoms in total. The molecule has 2 aliphatic heterocycles. The zero-order chi connectivity index (χ0) is 22.0. The van der Waals surface area contributed by atoms with E-state index in [9.17, 15) is 0 Å². The first kappa shape index (κ1) is 22.8. The van der Waals surface area contributed by atoms with E-state index in [1.54, 1.807) is 6.26 Å². The van der Waals surface area contributed by atoms with Crippen LogP contribution in [0, 0.1) is 0 Å². The smallest absolute Gasteiger partial charge is 0.191 e. The number of hydrogen-bond donors (Lipinski definition) is 2. The zero-order valence-corrected chi connectivity index (χ0v) is 19.2. The SMILES string of the molecule is CN=C(NCC(c1ccccc1)N1CCOCC1)NCC(c1ccco1)N1CCCCC1. The molecular formula is C25H37N5O2. The number of aliphatic imine (C=N–C) groups is 1. The summed E-state index contributed by atoms with van der Waals surface area (Å²) in [6.45, 7) is 7.26. The number of rotatable bonds is 8. The van der Waals surface area contributed by atoms with E-state index in [0.29, 0.717) is 0 Å². The van der Waals surface area contributed by atoms with Gasteiger partial charge in [-0.2, -0.15) is 0 Å². The molecule has 0 aliphatic carbocycles. The highest BCUT2D eigenvalue weighted by Gasteiger charge is 2.26. The minimum Gasteiger partial charge on any atom is -0.468 e. The number of guanidine groups is 1. The summed E-state index contributed by atoms with van der Waals surface area (Å²) < 4.78 is 11.4. The van der Waals surface area contributed by atoms with Crippen LogP contribution in [0.4, 0.5) is 0 Å². The Kier molecular flexibility index (Phi) is 8.59. The van der Waals surface area contributed by atoms with E-state index in [1.165, 1.54) is 24.8 Å². The summed E-state index contributed by atoms with van der Waals surface area (Å²) >= 11 is 0. The van der Waals surface area contributed by atoms with Crippen molar-refractivity contribution in [3.05, 3.63) is 60.1 Å². The van der Waals surface area contributed by atoms with Crippen LogP contribution < -0.4 is 10.6 Å². The van der Waals surface area contributed by atoms with Crippen molar-refractivity contribution in [2.24, 2.45) is 4.99 Å². The normalized spacial score (nSPS) is 20.6. The Morgan fingerprint density at radius 2 is 1.56 bits per heavy atom. The van der Waals surface area contributed by atoms with Gasteiger partial charge in [0, 0.05) is 33.2 Å². The molecule has 2 saturated heterocycles. The minimum atomic E-state index is 0.216. The van der Waals surface area contributed by atoms with Gasteiger partial charge in [0.25, 0.3) is 0 Å². The van der Waals surface area contributed by atoms with Crippen molar-refractivity contribution in [2.75, 3.05) is 59.5 Å². The standard InChI is InChI=1S/C25H37N5O2/c1-26-25(28-20-23(24-11-8-16-32-24)29-12-6-3-7-13-29)27-19-22(21-9-4-2-5-10-21)30-14-17-31-18-15-30/h2,4-5,8-11,16,22-23H,3,6-7,12-15,17-20H2,1H3,(H2,26,27,28). The Labute approximate surface area is 191 Å². The third-order valence-electron chi connectivity index (χ3n) is 6.52. The summed E-state index contributed by atoms with van der Waals surface area (Å²) in [5.41, 5.74) is 1.32. The maximum atomic E-state index is 5.79. The summed E-state index contributed by atoms with van der Waals surface area (Å²) in [5.74, 6) is 1.85. The molecule has 0 saturated carbocycles. The molecule has 1 aromatic heterocycles. The molecule has 174 valence electrons. The number of hydrogen-bond acceptors (Lipinski definition) is 5. The van der Waals surface area contributed by atoms with Gasteiger partial charge in [-0.3, -0.25) is 14.8 Å². The van der Waals surface area contributed by atoms with Crippen LogP contribution in [0.15, 0.2) is 58.1 Å². The molecule has 2 aromatic rings. The summed E-state index contributed by atoms with van der Waals surface area (Å²) in [6, 6.07) is 15.3. The number of nitrogens with one attached hydrogen (secondary N) is 2. The number of likely N-dealkylation sites (tertiary alicyclic amines) is 1. The fraction of sp³-hybridized carbons (Fsp3) is 0.560. The first-order valence-electron chi connectivity index (χ1n) is 11.9. The van der Waals surface area contributed by atoms with Gasteiger partial charge >= 0.3 is 0 Å². The first-order valence-corrected chi connectivity index (χ1v) is 11.9. The Balaban J connectivity index is 1.38. The van der Waals surface area contributed by atoms with E-state index in [4.69, 9.17) is 9.15 Å². The Hall–Kier alpha value is -2.35. The van der Waals surface area contributed by atoms with Crippen molar-refractivity contribution in [1.29, 1.82) is 0 Å². The van der Waals surface area contributed by atoms with Crippen molar-refractivity contribution in [3.63, 3.8) is 0 Å². The van der Waals surface area contributed by atoms with Crippen LogP contribution in [0.1, 0.15) is 42.7 Å². The molecule has 4 rings (SSSR count). The Morgan fingerprint density at radius 1 is 0.875 bits per heavy atom. The van der Waals surface area contributed by atoms with E-state index in [0.717, 1.165) is 64.2 Å². The molecule has 2 fully saturated rings. The van der Waals surface area contributed by atoms with Gasteiger partial charge in [-0.25, -0.2) is 0 Å². The predicted molar refractivity (Wildman–Crippen MR) is 128 cm³/mol. The maximum Gasteiger partial charge on any atom is 0.191 e. The lowest BCUT2D eigenvalue weighted by molar-refractivity contribution is 0.0170. The van der Waals surface area contributed by atoms with Crippen LogP contribution in [0.5, 0.6) is 0 Å². The van der Waals surface area contributed by atoms with Crippen molar-refractivity contribution >= 4 is 5.96 Å². The lowest BCUT2D eigenvalue weighted by atomic mass is 10.0. The van der Waals surface area contributed by atoms with Crippen LogP contribution in [0.25, 0.3) is 0 Å². The molecule has 0 spiro atoms. The summed E-state index contributed by atoms with van der Waals surface area (Å²) in [5, 5.41) is 7.14. The quantitative estimate of drug-likeness (QED) is 0.487. The van der Waals surface area contributed by atoms with Gasteiger partial charge < -0.3 is 19.8 Å². The molecule has 2 aliphatic rings. The highest BCUT2D eigenvalue weighted by molar-refractivity contribution is 5.79. The van der Waals surface area contributed by atoms with Crippen molar-refractivity contribution < 1.29 is 9.15 Å². The number of piperidine rings is 1. The van der Waals surface area contributed by atoms with E-state index in [1.807, 2.05) is 13.1 Å². The minimum absolute atomic E-state index is 0.216. The van der Waals surface area contributed by atoms with Gasteiger partial charge in [-0.1, -0.05) is 36.8 Å². The van der Waals surface area contributed by atoms with Crippen LogP contribution in [-0.2, 0) is 4.74 Å². The topological polar surface area (TPSA) is 65.3 Å². The molecule has 2 unspecified atom stereocenters. The summed E-state index contributed by atoms with van der Waals surface area (Å²) in [6.07, 6.45) is 5.59. The van der Waals surface area contributed by atoms with E-state index in [2.05, 4.69) is 61.8 Å². The largest absolute Gasteiger partial charge is 0.468 e. The van der Waals surface area contributed by atoms with Gasteiger partial charge in [-0.05, 0) is 43.6 Å². The number of morpholine rings is 1.